The fourth-order valence-corrected chi connectivity index (χ4v) is 4.45. The summed E-state index contributed by atoms with van der Waals surface area (Å²) in [7, 11) is 1.63. The molecule has 9 nitrogen and oxygen atoms in total. The second-order valence-electron chi connectivity index (χ2n) is 8.63. The molecule has 0 spiro atoms. The van der Waals surface area contributed by atoms with Gasteiger partial charge in [-0.05, 0) is 57.4 Å². The number of pyridine rings is 1. The molecule has 9 heteroatoms. The molecule has 176 valence electrons. The zero-order chi connectivity index (χ0) is 24.2. The number of amides is 2. The number of imidazole rings is 1. The first-order valence-corrected chi connectivity index (χ1v) is 11.4. The summed E-state index contributed by atoms with van der Waals surface area (Å²) in [6.45, 7) is 5.19. The van der Waals surface area contributed by atoms with Gasteiger partial charge in [0, 0.05) is 44.1 Å². The summed E-state index contributed by atoms with van der Waals surface area (Å²) < 4.78 is 6.99. The van der Waals surface area contributed by atoms with Crippen LogP contribution in [0.25, 0.3) is 11.2 Å². The topological polar surface area (TPSA) is 113 Å². The SMILES string of the molecule is COCCCn1c(NC(=O)c2cccc(C#N)c2)nc2cc(C(=O)N3C(C)CCC3C)cnc21. The van der Waals surface area contributed by atoms with Crippen LogP contribution in [0.3, 0.4) is 0 Å². The number of ether oxygens (including phenoxy) is 1. The van der Waals surface area contributed by atoms with Gasteiger partial charge >= 0.3 is 0 Å². The molecule has 1 aliphatic heterocycles. The van der Waals surface area contributed by atoms with Gasteiger partial charge in [0.25, 0.3) is 11.8 Å². The van der Waals surface area contributed by atoms with Crippen molar-refractivity contribution in [2.75, 3.05) is 19.0 Å². The van der Waals surface area contributed by atoms with E-state index in [-0.39, 0.29) is 23.9 Å². The molecule has 3 heterocycles. The van der Waals surface area contributed by atoms with E-state index in [0.29, 0.717) is 53.4 Å². The Bertz CT molecular complexity index is 1250. The maximum atomic E-state index is 13.2. The number of nitrogens with zero attached hydrogens (tertiary/aromatic N) is 5. The lowest BCUT2D eigenvalue weighted by atomic mass is 10.1. The lowest BCUT2D eigenvalue weighted by molar-refractivity contribution is 0.0692. The van der Waals surface area contributed by atoms with Crippen LogP contribution in [0.5, 0.6) is 0 Å². The number of anilines is 1. The second-order valence-corrected chi connectivity index (χ2v) is 8.63. The number of fused-ring (bicyclic) bond motifs is 1. The zero-order valence-corrected chi connectivity index (χ0v) is 19.6. The molecule has 0 saturated carbocycles. The van der Waals surface area contributed by atoms with Crippen molar-refractivity contribution in [2.24, 2.45) is 0 Å². The third kappa shape index (κ3) is 4.63. The number of aryl methyl sites for hydroxylation is 1. The van der Waals surface area contributed by atoms with Crippen LogP contribution in [-0.2, 0) is 11.3 Å². The van der Waals surface area contributed by atoms with Crippen molar-refractivity contribution in [2.45, 2.75) is 51.7 Å². The highest BCUT2D eigenvalue weighted by Crippen LogP contribution is 2.27. The summed E-state index contributed by atoms with van der Waals surface area (Å²) in [5.41, 5.74) is 2.35. The maximum Gasteiger partial charge on any atom is 0.258 e. The number of likely N-dealkylation sites (tertiary alicyclic amines) is 1. The number of carbonyl (C=O) groups excluding carboxylic acids is 2. The first-order valence-electron chi connectivity index (χ1n) is 11.4. The molecular weight excluding hydrogens is 432 g/mol. The average Bonchev–Trinajstić information content (AvgIpc) is 3.36. The molecule has 2 amide bonds. The van der Waals surface area contributed by atoms with Crippen molar-refractivity contribution in [3.05, 3.63) is 53.2 Å². The molecule has 2 aromatic heterocycles. The lowest BCUT2D eigenvalue weighted by Crippen LogP contribution is -2.38. The summed E-state index contributed by atoms with van der Waals surface area (Å²) in [6, 6.07) is 10.6. The number of aromatic nitrogens is 3. The minimum atomic E-state index is -0.378. The summed E-state index contributed by atoms with van der Waals surface area (Å²) >= 11 is 0. The van der Waals surface area contributed by atoms with Gasteiger partial charge in [0.15, 0.2) is 5.65 Å². The van der Waals surface area contributed by atoms with Gasteiger partial charge in [0.05, 0.1) is 17.2 Å². The molecule has 1 fully saturated rings. The number of hydrogen-bond donors (Lipinski definition) is 1. The highest BCUT2D eigenvalue weighted by atomic mass is 16.5. The van der Waals surface area contributed by atoms with Crippen molar-refractivity contribution in [3.8, 4) is 6.07 Å². The van der Waals surface area contributed by atoms with E-state index < -0.39 is 0 Å². The van der Waals surface area contributed by atoms with Crippen molar-refractivity contribution in [3.63, 3.8) is 0 Å². The number of carbonyl (C=O) groups is 2. The standard InChI is InChI=1S/C25H28N6O3/c1-16-8-9-17(2)31(16)24(33)20-13-21-22(27-15-20)30(10-5-11-34-3)25(28-21)29-23(32)19-7-4-6-18(12-19)14-26/h4,6-7,12-13,15-17H,5,8-11H2,1-3H3,(H,28,29,32). The number of hydrogen-bond acceptors (Lipinski definition) is 6. The van der Waals surface area contributed by atoms with Crippen molar-refractivity contribution >= 4 is 28.9 Å². The van der Waals surface area contributed by atoms with Crippen LogP contribution in [0.4, 0.5) is 5.95 Å². The van der Waals surface area contributed by atoms with Gasteiger partial charge in [0.2, 0.25) is 5.95 Å². The average molecular weight is 461 g/mol. The monoisotopic (exact) mass is 460 g/mol. The summed E-state index contributed by atoms with van der Waals surface area (Å²) in [5, 5.41) is 12.0. The Kier molecular flexibility index (Phi) is 6.89. The highest BCUT2D eigenvalue weighted by Gasteiger charge is 2.32. The summed E-state index contributed by atoms with van der Waals surface area (Å²) in [6.07, 6.45) is 4.25. The summed E-state index contributed by atoms with van der Waals surface area (Å²) in [5.74, 6) is -0.102. The quantitative estimate of drug-likeness (QED) is 0.539. The van der Waals surface area contributed by atoms with Crippen LogP contribution in [0.2, 0.25) is 0 Å². The van der Waals surface area contributed by atoms with Gasteiger partial charge < -0.3 is 9.64 Å². The molecule has 1 saturated heterocycles. The van der Waals surface area contributed by atoms with E-state index in [1.54, 1.807) is 37.6 Å². The molecule has 0 aliphatic carbocycles. The molecule has 3 aromatic rings. The Morgan fingerprint density at radius 3 is 2.68 bits per heavy atom. The summed E-state index contributed by atoms with van der Waals surface area (Å²) in [4.78, 5) is 37.1. The minimum Gasteiger partial charge on any atom is -0.385 e. The molecule has 2 atom stereocenters. The molecule has 4 rings (SSSR count). The molecule has 1 aliphatic rings. The number of nitriles is 1. The lowest BCUT2D eigenvalue weighted by Gasteiger charge is -2.26. The molecule has 0 radical (unpaired) electrons. The Balaban J connectivity index is 1.67. The molecular formula is C25H28N6O3. The van der Waals surface area contributed by atoms with Gasteiger partial charge in [-0.25, -0.2) is 9.97 Å². The molecule has 0 bridgehead atoms. The van der Waals surface area contributed by atoms with Crippen LogP contribution in [-0.4, -0.2) is 57.0 Å². The number of methoxy groups -OCH3 is 1. The maximum absolute atomic E-state index is 13.2. The second kappa shape index (κ2) is 10.0. The molecule has 34 heavy (non-hydrogen) atoms. The van der Waals surface area contributed by atoms with Gasteiger partial charge in [0.1, 0.15) is 5.52 Å². The smallest absolute Gasteiger partial charge is 0.258 e. The van der Waals surface area contributed by atoms with E-state index in [2.05, 4.69) is 29.1 Å². The Morgan fingerprint density at radius 2 is 1.97 bits per heavy atom. The third-order valence-electron chi connectivity index (χ3n) is 6.23. The van der Waals surface area contributed by atoms with E-state index in [4.69, 9.17) is 10.00 Å². The van der Waals surface area contributed by atoms with Crippen molar-refractivity contribution < 1.29 is 14.3 Å². The molecule has 2 unspecified atom stereocenters. The number of benzene rings is 1. The van der Waals surface area contributed by atoms with Crippen molar-refractivity contribution in [1.29, 1.82) is 5.26 Å². The minimum absolute atomic E-state index is 0.0558. The fourth-order valence-electron chi connectivity index (χ4n) is 4.45. The third-order valence-corrected chi connectivity index (χ3v) is 6.23. The number of rotatable bonds is 7. The van der Waals surface area contributed by atoms with Gasteiger partial charge in [-0.15, -0.1) is 0 Å². The Labute approximate surface area is 198 Å². The first-order chi connectivity index (χ1) is 16.4. The van der Waals surface area contributed by atoms with Crippen molar-refractivity contribution in [1.82, 2.24) is 19.4 Å². The Morgan fingerprint density at radius 1 is 1.21 bits per heavy atom. The van der Waals surface area contributed by atoms with E-state index in [1.165, 1.54) is 6.07 Å². The Hall–Kier alpha value is -3.77. The normalized spacial score (nSPS) is 17.6. The van der Waals surface area contributed by atoms with E-state index >= 15 is 0 Å². The van der Waals surface area contributed by atoms with Crippen LogP contribution >= 0.6 is 0 Å². The van der Waals surface area contributed by atoms with E-state index in [0.717, 1.165) is 12.8 Å². The first kappa shape index (κ1) is 23.4. The fraction of sp³-hybridized carbons (Fsp3) is 0.400. The number of nitrogens with one attached hydrogen (secondary N) is 1. The predicted molar refractivity (Wildman–Crippen MR) is 127 cm³/mol. The van der Waals surface area contributed by atoms with Crippen LogP contribution in [0.1, 0.15) is 59.4 Å². The van der Waals surface area contributed by atoms with Gasteiger partial charge in [-0.2, -0.15) is 5.26 Å². The van der Waals surface area contributed by atoms with Gasteiger partial charge in [-0.1, -0.05) is 6.07 Å². The van der Waals surface area contributed by atoms with Crippen LogP contribution < -0.4 is 5.32 Å². The highest BCUT2D eigenvalue weighted by molar-refractivity contribution is 6.04. The van der Waals surface area contributed by atoms with Crippen LogP contribution in [0.15, 0.2) is 36.5 Å². The van der Waals surface area contributed by atoms with Crippen LogP contribution in [0, 0.1) is 11.3 Å². The van der Waals surface area contributed by atoms with Gasteiger partial charge in [-0.3, -0.25) is 19.5 Å². The molecule has 1 aromatic carbocycles. The molecule has 1 N–H and O–H groups in total. The van der Waals surface area contributed by atoms with E-state index in [9.17, 15) is 9.59 Å². The zero-order valence-electron chi connectivity index (χ0n) is 19.6. The van der Waals surface area contributed by atoms with E-state index in [1.807, 2.05) is 15.5 Å². The largest absolute Gasteiger partial charge is 0.385 e. The predicted octanol–water partition coefficient (Wildman–Crippen LogP) is 3.60.